The summed E-state index contributed by atoms with van der Waals surface area (Å²) in [6, 6.07) is 3.29. The summed E-state index contributed by atoms with van der Waals surface area (Å²) >= 11 is 0. The monoisotopic (exact) mass is 457 g/mol. The number of nitrogens with one attached hydrogen (secondary N) is 1. The van der Waals surface area contributed by atoms with E-state index in [0.717, 1.165) is 0 Å². The molecule has 1 saturated carbocycles. The third-order valence-electron chi connectivity index (χ3n) is 5.34. The first-order chi connectivity index (χ1) is 15.0. The molecule has 3 rings (SSSR count). The summed E-state index contributed by atoms with van der Waals surface area (Å²) in [6.07, 6.45) is -1.06. The molecular weight excluding hydrogens is 430 g/mol. The number of carbonyl (C=O) groups is 2. The number of aromatic nitrogens is 3. The molecule has 7 nitrogen and oxygen atoms in total. The summed E-state index contributed by atoms with van der Waals surface area (Å²) in [5, 5.41) is 6.97. The molecule has 0 aliphatic heterocycles. The molecule has 3 N–H and O–H groups in total. The van der Waals surface area contributed by atoms with Crippen LogP contribution in [-0.2, 0) is 11.3 Å². The molecular formula is C21H27F4N5O2. The molecule has 11 heteroatoms. The number of alkyl halides is 4. The first-order valence-electron chi connectivity index (χ1n) is 10.1. The van der Waals surface area contributed by atoms with Crippen LogP contribution in [0, 0.1) is 19.8 Å². The van der Waals surface area contributed by atoms with Gasteiger partial charge in [0.15, 0.2) is 0 Å². The number of hydrogen-bond donors (Lipinski definition) is 2. The zero-order valence-corrected chi connectivity index (χ0v) is 18.1. The lowest BCUT2D eigenvalue weighted by Gasteiger charge is -2.14. The van der Waals surface area contributed by atoms with Gasteiger partial charge in [0.05, 0.1) is 11.6 Å². The highest BCUT2D eigenvalue weighted by Crippen LogP contribution is 2.40. The van der Waals surface area contributed by atoms with Gasteiger partial charge < -0.3 is 11.1 Å². The number of carbonyl (C=O) groups excluding carboxylic acids is 2. The maximum atomic E-state index is 13.6. The van der Waals surface area contributed by atoms with Gasteiger partial charge in [-0.15, -0.1) is 0 Å². The van der Waals surface area contributed by atoms with Gasteiger partial charge in [-0.1, -0.05) is 6.92 Å². The number of pyridine rings is 1. The van der Waals surface area contributed by atoms with Crippen LogP contribution in [0.5, 0.6) is 0 Å². The first kappa shape index (κ1) is 25.3. The molecule has 1 aliphatic carbocycles. The van der Waals surface area contributed by atoms with Crippen LogP contribution in [0.4, 0.5) is 23.2 Å². The highest BCUT2D eigenvalue weighted by Gasteiger charge is 2.40. The molecule has 0 saturated heterocycles. The van der Waals surface area contributed by atoms with Crippen molar-refractivity contribution in [1.82, 2.24) is 14.8 Å². The molecule has 1 aliphatic rings. The van der Waals surface area contributed by atoms with Gasteiger partial charge in [-0.25, -0.2) is 17.6 Å². The van der Waals surface area contributed by atoms with Gasteiger partial charge in [0, 0.05) is 42.5 Å². The standard InChI is InChI=1S/C20H24F4N4O.CH3NO/c1-11-8-15(5-7-25-11)26-19(29)17-12(2)16(13(3)18(21)22)27-28(17)10-14-4-6-20(23,24)9-14;2-1-3/h5,7-8,13-14,18H,4,6,9-10H2,1-3H3,(H,25,26,29);1H,(H2,2,3). The highest BCUT2D eigenvalue weighted by molar-refractivity contribution is 6.04. The van der Waals surface area contributed by atoms with Crippen LogP contribution in [0.25, 0.3) is 0 Å². The predicted molar refractivity (Wildman–Crippen MR) is 111 cm³/mol. The highest BCUT2D eigenvalue weighted by atomic mass is 19.3. The Hall–Kier alpha value is -2.98. The summed E-state index contributed by atoms with van der Waals surface area (Å²) in [7, 11) is 0. The van der Waals surface area contributed by atoms with Crippen molar-refractivity contribution < 1.29 is 27.2 Å². The summed E-state index contributed by atoms with van der Waals surface area (Å²) in [4.78, 5) is 25.6. The van der Waals surface area contributed by atoms with E-state index in [1.807, 2.05) is 0 Å². The summed E-state index contributed by atoms with van der Waals surface area (Å²) < 4.78 is 55.0. The van der Waals surface area contributed by atoms with Crippen molar-refractivity contribution >= 4 is 18.0 Å². The van der Waals surface area contributed by atoms with E-state index < -0.39 is 24.2 Å². The molecule has 0 bridgehead atoms. The number of hydrogen-bond acceptors (Lipinski definition) is 4. The molecule has 2 amide bonds. The molecule has 32 heavy (non-hydrogen) atoms. The van der Waals surface area contributed by atoms with Crippen LogP contribution < -0.4 is 11.1 Å². The van der Waals surface area contributed by atoms with E-state index >= 15 is 0 Å². The van der Waals surface area contributed by atoms with E-state index in [0.29, 0.717) is 23.4 Å². The fraction of sp³-hybridized carbons (Fsp3) is 0.524. The maximum Gasteiger partial charge on any atom is 0.274 e. The number of nitrogens with zero attached hydrogens (tertiary/aromatic N) is 3. The molecule has 176 valence electrons. The second-order valence-corrected chi connectivity index (χ2v) is 7.90. The molecule has 0 radical (unpaired) electrons. The second-order valence-electron chi connectivity index (χ2n) is 7.90. The van der Waals surface area contributed by atoms with Gasteiger partial charge in [0.25, 0.3) is 5.91 Å². The third-order valence-corrected chi connectivity index (χ3v) is 5.34. The minimum Gasteiger partial charge on any atom is -0.372 e. The summed E-state index contributed by atoms with van der Waals surface area (Å²) in [5.41, 5.74) is 5.95. The van der Waals surface area contributed by atoms with E-state index in [2.05, 4.69) is 21.1 Å². The molecule has 2 aromatic heterocycles. The number of amides is 2. The Bertz CT molecular complexity index is 948. The molecule has 2 aromatic rings. The molecule has 2 atom stereocenters. The van der Waals surface area contributed by atoms with Gasteiger partial charge in [-0.3, -0.25) is 19.3 Å². The minimum atomic E-state index is -2.73. The van der Waals surface area contributed by atoms with E-state index in [9.17, 15) is 22.4 Å². The van der Waals surface area contributed by atoms with Crippen molar-refractivity contribution in [2.75, 3.05) is 5.32 Å². The Balaban J connectivity index is 0.00000114. The van der Waals surface area contributed by atoms with E-state index in [1.165, 1.54) is 11.6 Å². The van der Waals surface area contributed by atoms with E-state index in [4.69, 9.17) is 4.79 Å². The van der Waals surface area contributed by atoms with Gasteiger partial charge in [-0.05, 0) is 38.3 Å². The third kappa shape index (κ3) is 6.27. The van der Waals surface area contributed by atoms with Crippen LogP contribution in [-0.4, -0.2) is 39.4 Å². The number of rotatable bonds is 6. The van der Waals surface area contributed by atoms with Crippen molar-refractivity contribution in [3.63, 3.8) is 0 Å². The maximum absolute atomic E-state index is 13.6. The van der Waals surface area contributed by atoms with Crippen molar-refractivity contribution in [3.05, 3.63) is 41.0 Å². The fourth-order valence-electron chi connectivity index (χ4n) is 3.80. The van der Waals surface area contributed by atoms with E-state index in [-0.39, 0.29) is 43.1 Å². The number of primary amides is 1. The average molecular weight is 457 g/mol. The predicted octanol–water partition coefficient (Wildman–Crippen LogP) is 4.05. The zero-order chi connectivity index (χ0) is 24.1. The zero-order valence-electron chi connectivity index (χ0n) is 18.1. The smallest absolute Gasteiger partial charge is 0.274 e. The second kappa shape index (κ2) is 10.6. The van der Waals surface area contributed by atoms with Gasteiger partial charge in [0.2, 0.25) is 18.8 Å². The number of anilines is 1. The Morgan fingerprint density at radius 1 is 1.41 bits per heavy atom. The minimum absolute atomic E-state index is 0.0878. The van der Waals surface area contributed by atoms with Crippen LogP contribution in [0.3, 0.4) is 0 Å². The Morgan fingerprint density at radius 3 is 2.59 bits per heavy atom. The fourth-order valence-corrected chi connectivity index (χ4v) is 3.80. The van der Waals surface area contributed by atoms with Crippen molar-refractivity contribution in [1.29, 1.82) is 0 Å². The molecule has 2 heterocycles. The first-order valence-corrected chi connectivity index (χ1v) is 10.1. The Morgan fingerprint density at radius 2 is 2.06 bits per heavy atom. The average Bonchev–Trinajstić information content (AvgIpc) is 3.20. The van der Waals surface area contributed by atoms with Gasteiger partial charge in [-0.2, -0.15) is 5.10 Å². The quantitative estimate of drug-likeness (QED) is 0.505. The molecule has 0 spiro atoms. The normalized spacial score (nSPS) is 18.1. The van der Waals surface area contributed by atoms with Gasteiger partial charge >= 0.3 is 0 Å². The number of halogens is 4. The Labute approximate surface area is 183 Å². The van der Waals surface area contributed by atoms with Crippen LogP contribution >= 0.6 is 0 Å². The van der Waals surface area contributed by atoms with Crippen LogP contribution in [0.2, 0.25) is 0 Å². The lowest BCUT2D eigenvalue weighted by molar-refractivity contribution is -0.106. The Kier molecular flexibility index (Phi) is 8.34. The number of aryl methyl sites for hydroxylation is 1. The van der Waals surface area contributed by atoms with Crippen molar-refractivity contribution in [2.24, 2.45) is 11.7 Å². The number of nitrogens with two attached hydrogens (primary N) is 1. The van der Waals surface area contributed by atoms with Gasteiger partial charge in [0.1, 0.15) is 5.69 Å². The lowest BCUT2D eigenvalue weighted by atomic mass is 10.0. The van der Waals surface area contributed by atoms with Crippen LogP contribution in [0.15, 0.2) is 18.3 Å². The lowest BCUT2D eigenvalue weighted by Crippen LogP contribution is -2.21. The molecule has 0 aromatic carbocycles. The molecule has 2 unspecified atom stereocenters. The summed E-state index contributed by atoms with van der Waals surface area (Å²) in [5.74, 6) is -4.79. The van der Waals surface area contributed by atoms with E-state index in [1.54, 1.807) is 32.2 Å². The van der Waals surface area contributed by atoms with Crippen molar-refractivity contribution in [3.8, 4) is 0 Å². The van der Waals surface area contributed by atoms with Crippen molar-refractivity contribution in [2.45, 2.75) is 64.8 Å². The SMILES string of the molecule is Cc1cc(NC(=O)c2c(C)c(C(C)C(F)F)nn2CC2CCC(F)(F)C2)ccn1.NC=O. The largest absolute Gasteiger partial charge is 0.372 e. The molecule has 1 fully saturated rings. The topological polar surface area (TPSA) is 103 Å². The summed E-state index contributed by atoms with van der Waals surface area (Å²) in [6.45, 7) is 4.76. The van der Waals surface area contributed by atoms with Crippen LogP contribution in [0.1, 0.15) is 59.5 Å².